The summed E-state index contributed by atoms with van der Waals surface area (Å²) in [5, 5.41) is 2.76. The summed E-state index contributed by atoms with van der Waals surface area (Å²) in [5.41, 5.74) is 8.73. The van der Waals surface area contributed by atoms with Gasteiger partial charge in [-0.2, -0.15) is 0 Å². The Morgan fingerprint density at radius 3 is 2.27 bits per heavy atom. The highest BCUT2D eigenvalue weighted by Crippen LogP contribution is 2.19. The summed E-state index contributed by atoms with van der Waals surface area (Å²) < 4.78 is 1.76. The molecule has 1 amide bonds. The molecule has 1 heterocycles. The molecule has 3 aromatic rings. The first-order valence-corrected chi connectivity index (χ1v) is 8.67. The fraction of sp³-hybridized carbons (Fsp3) is 0.250. The van der Waals surface area contributed by atoms with Crippen molar-refractivity contribution in [2.24, 2.45) is 7.05 Å². The van der Waals surface area contributed by atoms with Crippen LogP contribution in [0.2, 0.25) is 0 Å². The average molecular weight is 354 g/mol. The lowest BCUT2D eigenvalue weighted by Crippen LogP contribution is -2.15. The minimum Gasteiger partial charge on any atom is -0.399 e. The number of fused-ring (bicyclic) bond motifs is 1. The van der Waals surface area contributed by atoms with E-state index >= 15 is 0 Å². The number of rotatable bonds is 3. The van der Waals surface area contributed by atoms with Crippen molar-refractivity contribution < 1.29 is 9.59 Å². The normalized spacial score (nSPS) is 9.42. The predicted molar refractivity (Wildman–Crippen MR) is 108 cm³/mol. The molecule has 0 saturated carbocycles. The quantitative estimate of drug-likeness (QED) is 0.543. The van der Waals surface area contributed by atoms with Gasteiger partial charge in [0.15, 0.2) is 0 Å². The number of carbonyl (C=O) groups is 2. The lowest BCUT2D eigenvalue weighted by molar-refractivity contribution is 0.102. The van der Waals surface area contributed by atoms with E-state index in [1.54, 1.807) is 54.1 Å². The first kappa shape index (κ1) is 20.9. The van der Waals surface area contributed by atoms with Gasteiger partial charge in [0.05, 0.1) is 11.0 Å². The van der Waals surface area contributed by atoms with Crippen LogP contribution in [0.25, 0.3) is 11.0 Å². The molecule has 26 heavy (non-hydrogen) atoms. The van der Waals surface area contributed by atoms with Gasteiger partial charge in [0, 0.05) is 23.9 Å². The first-order chi connectivity index (χ1) is 12.6. The fourth-order valence-electron chi connectivity index (χ4n) is 2.21. The van der Waals surface area contributed by atoms with Crippen molar-refractivity contribution in [2.75, 3.05) is 11.1 Å². The van der Waals surface area contributed by atoms with Crippen LogP contribution in [0.1, 0.15) is 48.4 Å². The maximum absolute atomic E-state index is 12.2. The van der Waals surface area contributed by atoms with E-state index in [1.807, 2.05) is 27.7 Å². The Hall–Kier alpha value is -3.15. The second kappa shape index (κ2) is 9.98. The number of hydrogen-bond donors (Lipinski definition) is 2. The third-order valence-corrected chi connectivity index (χ3v) is 3.44. The zero-order valence-corrected chi connectivity index (χ0v) is 15.9. The Morgan fingerprint density at radius 2 is 1.69 bits per heavy atom. The summed E-state index contributed by atoms with van der Waals surface area (Å²) in [6.45, 7) is 8.00. The number of nitrogen functional groups attached to an aromatic ring is 1. The minimum atomic E-state index is -0.269. The number of nitrogens with zero attached hydrogens (tertiary/aromatic N) is 2. The van der Waals surface area contributed by atoms with E-state index in [2.05, 4.69) is 10.3 Å². The average Bonchev–Trinajstić information content (AvgIpc) is 3.00. The van der Waals surface area contributed by atoms with Crippen LogP contribution in [-0.2, 0) is 7.05 Å². The number of carbonyl (C=O) groups excluding carboxylic acids is 2. The second-order valence-electron chi connectivity index (χ2n) is 4.94. The van der Waals surface area contributed by atoms with Crippen LogP contribution < -0.4 is 11.1 Å². The lowest BCUT2D eigenvalue weighted by Gasteiger charge is -2.05. The van der Waals surface area contributed by atoms with E-state index in [1.165, 1.54) is 0 Å². The van der Waals surface area contributed by atoms with Crippen LogP contribution in [0.4, 0.5) is 11.6 Å². The molecule has 3 N–H and O–H groups in total. The molecule has 3 rings (SSSR count). The van der Waals surface area contributed by atoms with Gasteiger partial charge in [-0.05, 0) is 42.5 Å². The van der Waals surface area contributed by atoms with Gasteiger partial charge in [-0.3, -0.25) is 14.9 Å². The van der Waals surface area contributed by atoms with Crippen LogP contribution in [0, 0.1) is 0 Å². The Kier molecular flexibility index (Phi) is 8.02. The van der Waals surface area contributed by atoms with Crippen molar-refractivity contribution in [3.63, 3.8) is 0 Å². The summed E-state index contributed by atoms with van der Waals surface area (Å²) in [6.07, 6.45) is 0.765. The predicted octanol–water partition coefficient (Wildman–Crippen LogP) is 4.27. The number of nitrogens with two attached hydrogens (primary N) is 1. The molecule has 2 aromatic carbocycles. The molecule has 138 valence electrons. The van der Waals surface area contributed by atoms with Gasteiger partial charge in [-0.1, -0.05) is 27.7 Å². The monoisotopic (exact) mass is 354 g/mol. The number of anilines is 2. The van der Waals surface area contributed by atoms with Gasteiger partial charge in [-0.15, -0.1) is 0 Å². The summed E-state index contributed by atoms with van der Waals surface area (Å²) in [4.78, 5) is 27.4. The molecule has 0 fully saturated rings. The second-order valence-corrected chi connectivity index (χ2v) is 4.94. The summed E-state index contributed by atoms with van der Waals surface area (Å²) in [7, 11) is 1.80. The van der Waals surface area contributed by atoms with E-state index in [-0.39, 0.29) is 5.91 Å². The standard InChI is InChI=1S/C16H14N4O2.2C2H6/c1-20-14-7-2-10(9-21)8-13(14)18-16(20)19-15(22)11-3-5-12(17)6-4-11;2*1-2/h2-9H,17H2,1H3,(H,18,19,22);2*1-2H3. The summed E-state index contributed by atoms with van der Waals surface area (Å²) >= 11 is 0. The van der Waals surface area contributed by atoms with Gasteiger partial charge in [0.2, 0.25) is 5.95 Å². The zero-order chi connectivity index (χ0) is 19.7. The molecule has 0 unspecified atom stereocenters. The van der Waals surface area contributed by atoms with Crippen LogP contribution in [0.5, 0.6) is 0 Å². The number of aromatic nitrogens is 2. The minimum absolute atomic E-state index is 0.269. The van der Waals surface area contributed by atoms with Crippen molar-refractivity contribution >= 4 is 34.9 Å². The number of nitrogens with one attached hydrogen (secondary N) is 1. The largest absolute Gasteiger partial charge is 0.399 e. The van der Waals surface area contributed by atoms with Crippen LogP contribution >= 0.6 is 0 Å². The third-order valence-electron chi connectivity index (χ3n) is 3.44. The smallest absolute Gasteiger partial charge is 0.257 e. The Labute approximate surface area is 154 Å². The lowest BCUT2D eigenvalue weighted by atomic mass is 10.2. The molecule has 0 atom stereocenters. The third kappa shape index (κ3) is 4.69. The van der Waals surface area contributed by atoms with E-state index in [0.717, 1.165) is 11.8 Å². The van der Waals surface area contributed by atoms with Gasteiger partial charge in [0.25, 0.3) is 5.91 Å². The van der Waals surface area contributed by atoms with E-state index in [0.29, 0.717) is 28.3 Å². The number of amides is 1. The summed E-state index contributed by atoms with van der Waals surface area (Å²) in [6, 6.07) is 11.8. The van der Waals surface area contributed by atoms with E-state index in [4.69, 9.17) is 5.73 Å². The molecule has 0 bridgehead atoms. The molecule has 0 spiro atoms. The maximum Gasteiger partial charge on any atom is 0.257 e. The van der Waals surface area contributed by atoms with E-state index in [9.17, 15) is 9.59 Å². The van der Waals surface area contributed by atoms with E-state index < -0.39 is 0 Å². The van der Waals surface area contributed by atoms with Crippen LogP contribution in [0.3, 0.4) is 0 Å². The summed E-state index contributed by atoms with van der Waals surface area (Å²) in [5.74, 6) is 0.147. The molecule has 0 aliphatic heterocycles. The highest BCUT2D eigenvalue weighted by Gasteiger charge is 2.12. The fourth-order valence-corrected chi connectivity index (χ4v) is 2.21. The van der Waals surface area contributed by atoms with Crippen molar-refractivity contribution in [1.29, 1.82) is 0 Å². The molecular weight excluding hydrogens is 328 g/mol. The molecule has 6 heteroatoms. The molecule has 1 aromatic heterocycles. The molecule has 6 nitrogen and oxygen atoms in total. The van der Waals surface area contributed by atoms with Crippen LogP contribution in [-0.4, -0.2) is 21.7 Å². The zero-order valence-electron chi connectivity index (χ0n) is 15.9. The van der Waals surface area contributed by atoms with Gasteiger partial charge >= 0.3 is 0 Å². The van der Waals surface area contributed by atoms with Crippen LogP contribution in [0.15, 0.2) is 42.5 Å². The first-order valence-electron chi connectivity index (χ1n) is 8.67. The van der Waals surface area contributed by atoms with Crippen molar-refractivity contribution in [1.82, 2.24) is 9.55 Å². The van der Waals surface area contributed by atoms with Crippen molar-refractivity contribution in [2.45, 2.75) is 27.7 Å². The number of aryl methyl sites for hydroxylation is 1. The van der Waals surface area contributed by atoms with Crippen molar-refractivity contribution in [3.8, 4) is 0 Å². The number of hydrogen-bond acceptors (Lipinski definition) is 4. The molecule has 0 saturated heterocycles. The van der Waals surface area contributed by atoms with Crippen molar-refractivity contribution in [3.05, 3.63) is 53.6 Å². The molecule has 0 radical (unpaired) electrons. The molecule has 0 aliphatic rings. The molecule has 0 aliphatic carbocycles. The number of aldehydes is 1. The van der Waals surface area contributed by atoms with Gasteiger partial charge in [0.1, 0.15) is 6.29 Å². The SMILES string of the molecule is CC.CC.Cn1c(NC(=O)c2ccc(N)cc2)nc2cc(C=O)ccc21. The van der Waals surface area contributed by atoms with Gasteiger partial charge < -0.3 is 10.3 Å². The molecular formula is C20H26N4O2. The number of imidazole rings is 1. The highest BCUT2D eigenvalue weighted by molar-refractivity contribution is 6.04. The Bertz CT molecular complexity index is 867. The maximum atomic E-state index is 12.2. The highest BCUT2D eigenvalue weighted by atomic mass is 16.1. The topological polar surface area (TPSA) is 90.0 Å². The Morgan fingerprint density at radius 1 is 1.08 bits per heavy atom. The number of benzene rings is 2. The Balaban J connectivity index is 0.000000791. The van der Waals surface area contributed by atoms with Gasteiger partial charge in [-0.25, -0.2) is 4.98 Å².